The molecule has 7 heteroatoms. The highest BCUT2D eigenvalue weighted by atomic mass is 32.2. The molecule has 1 unspecified atom stereocenters. The number of carbonyl (C=O) groups is 1. The predicted octanol–water partition coefficient (Wildman–Crippen LogP) is 0.837. The van der Waals surface area contributed by atoms with Crippen molar-refractivity contribution < 1.29 is 9.53 Å². The summed E-state index contributed by atoms with van der Waals surface area (Å²) < 4.78 is 6.50. The van der Waals surface area contributed by atoms with Crippen LogP contribution in [0.5, 0.6) is 0 Å². The minimum atomic E-state index is -0.268. The standard InChI is InChI=1S/C11H20N4O2S/c1-8(2)14-9(10(16)17-4)5-6-18-11-12-7-13-15(11)3/h7-9,14H,5-6H2,1-4H3. The maximum atomic E-state index is 11.6. The lowest BCUT2D eigenvalue weighted by molar-refractivity contribution is -0.143. The number of aryl methyl sites for hydroxylation is 1. The van der Waals surface area contributed by atoms with Crippen LogP contribution in [0.15, 0.2) is 11.5 Å². The van der Waals surface area contributed by atoms with Crippen LogP contribution >= 0.6 is 11.8 Å². The number of hydrogen-bond acceptors (Lipinski definition) is 6. The molecule has 18 heavy (non-hydrogen) atoms. The van der Waals surface area contributed by atoms with Crippen molar-refractivity contribution in [1.82, 2.24) is 20.1 Å². The Kier molecular flexibility index (Phi) is 6.14. The molecule has 0 amide bonds. The largest absolute Gasteiger partial charge is 0.468 e. The number of thioether (sulfide) groups is 1. The number of methoxy groups -OCH3 is 1. The number of esters is 1. The van der Waals surface area contributed by atoms with Crippen LogP contribution in [0.2, 0.25) is 0 Å². The molecule has 0 saturated carbocycles. The summed E-state index contributed by atoms with van der Waals surface area (Å²) in [5, 5.41) is 8.04. The van der Waals surface area contributed by atoms with Crippen LogP contribution in [0.1, 0.15) is 20.3 Å². The molecule has 1 heterocycles. The summed E-state index contributed by atoms with van der Waals surface area (Å²) in [6, 6.07) is -0.0235. The zero-order chi connectivity index (χ0) is 13.5. The van der Waals surface area contributed by atoms with Crippen molar-refractivity contribution in [3.05, 3.63) is 6.33 Å². The van der Waals surface area contributed by atoms with Crippen LogP contribution in [0.4, 0.5) is 0 Å². The first-order valence-electron chi connectivity index (χ1n) is 5.85. The number of nitrogens with one attached hydrogen (secondary N) is 1. The molecule has 102 valence electrons. The van der Waals surface area contributed by atoms with Crippen molar-refractivity contribution in [2.75, 3.05) is 12.9 Å². The molecule has 1 N–H and O–H groups in total. The van der Waals surface area contributed by atoms with E-state index in [4.69, 9.17) is 4.74 Å². The van der Waals surface area contributed by atoms with Crippen molar-refractivity contribution in [3.63, 3.8) is 0 Å². The number of carbonyl (C=O) groups excluding carboxylic acids is 1. The van der Waals surface area contributed by atoms with E-state index in [2.05, 4.69) is 15.4 Å². The summed E-state index contributed by atoms with van der Waals surface area (Å²) in [5.41, 5.74) is 0. The predicted molar refractivity (Wildman–Crippen MR) is 70.4 cm³/mol. The van der Waals surface area contributed by atoms with Gasteiger partial charge in [-0.1, -0.05) is 25.6 Å². The molecule has 0 aliphatic carbocycles. The summed E-state index contributed by atoms with van der Waals surface area (Å²) in [5.74, 6) is 0.564. The van der Waals surface area contributed by atoms with E-state index in [9.17, 15) is 4.79 Å². The van der Waals surface area contributed by atoms with E-state index in [1.165, 1.54) is 13.4 Å². The highest BCUT2D eigenvalue weighted by Crippen LogP contribution is 2.15. The van der Waals surface area contributed by atoms with Crippen LogP contribution in [-0.2, 0) is 16.6 Å². The van der Waals surface area contributed by atoms with Gasteiger partial charge in [-0.25, -0.2) is 9.67 Å². The average molecular weight is 272 g/mol. The highest BCUT2D eigenvalue weighted by Gasteiger charge is 2.19. The van der Waals surface area contributed by atoms with Gasteiger partial charge in [0.05, 0.1) is 7.11 Å². The normalized spacial score (nSPS) is 12.7. The fourth-order valence-corrected chi connectivity index (χ4v) is 2.39. The summed E-state index contributed by atoms with van der Waals surface area (Å²) in [6.07, 6.45) is 2.22. The Hall–Kier alpha value is -1.08. The van der Waals surface area contributed by atoms with E-state index < -0.39 is 0 Å². The van der Waals surface area contributed by atoms with Crippen LogP contribution in [-0.4, -0.2) is 45.7 Å². The zero-order valence-corrected chi connectivity index (χ0v) is 12.0. The first-order valence-corrected chi connectivity index (χ1v) is 6.83. The van der Waals surface area contributed by atoms with Gasteiger partial charge >= 0.3 is 5.97 Å². The van der Waals surface area contributed by atoms with Crippen molar-refractivity contribution >= 4 is 17.7 Å². The Labute approximate surface area is 111 Å². The maximum Gasteiger partial charge on any atom is 0.322 e. The number of ether oxygens (including phenoxy) is 1. The number of hydrogen-bond donors (Lipinski definition) is 1. The molecule has 0 aromatic carbocycles. The second kappa shape index (κ2) is 7.38. The molecular weight excluding hydrogens is 252 g/mol. The second-order valence-corrected chi connectivity index (χ2v) is 5.26. The van der Waals surface area contributed by atoms with Gasteiger partial charge in [0.25, 0.3) is 0 Å². The minimum absolute atomic E-state index is 0.220. The fourth-order valence-electron chi connectivity index (χ4n) is 1.50. The van der Waals surface area contributed by atoms with Crippen molar-refractivity contribution in [1.29, 1.82) is 0 Å². The SMILES string of the molecule is COC(=O)C(CCSc1ncnn1C)NC(C)C. The Morgan fingerprint density at radius 2 is 2.33 bits per heavy atom. The van der Waals surface area contributed by atoms with Gasteiger partial charge in [0.1, 0.15) is 12.4 Å². The van der Waals surface area contributed by atoms with Crippen LogP contribution in [0.3, 0.4) is 0 Å². The van der Waals surface area contributed by atoms with E-state index >= 15 is 0 Å². The zero-order valence-electron chi connectivity index (χ0n) is 11.2. The second-order valence-electron chi connectivity index (χ2n) is 4.20. The lowest BCUT2D eigenvalue weighted by atomic mass is 10.2. The fraction of sp³-hybridized carbons (Fsp3) is 0.727. The third kappa shape index (κ3) is 4.66. The number of nitrogens with zero attached hydrogens (tertiary/aromatic N) is 3. The lowest BCUT2D eigenvalue weighted by Gasteiger charge is -2.18. The van der Waals surface area contributed by atoms with Gasteiger partial charge in [-0.2, -0.15) is 5.10 Å². The molecule has 1 aromatic rings. The number of aromatic nitrogens is 3. The third-order valence-corrected chi connectivity index (χ3v) is 3.40. The average Bonchev–Trinajstić information content (AvgIpc) is 2.72. The molecule has 1 aromatic heterocycles. The summed E-state index contributed by atoms with van der Waals surface area (Å²) in [7, 11) is 3.26. The third-order valence-electron chi connectivity index (χ3n) is 2.33. The summed E-state index contributed by atoms with van der Waals surface area (Å²) in [4.78, 5) is 15.7. The molecular formula is C11H20N4O2S. The molecule has 0 aliphatic rings. The van der Waals surface area contributed by atoms with Crippen LogP contribution in [0.25, 0.3) is 0 Å². The Morgan fingerprint density at radius 1 is 1.61 bits per heavy atom. The molecule has 0 aliphatic heterocycles. The molecule has 0 bridgehead atoms. The van der Waals surface area contributed by atoms with Gasteiger partial charge in [-0.3, -0.25) is 4.79 Å². The molecule has 6 nitrogen and oxygen atoms in total. The Morgan fingerprint density at radius 3 is 2.83 bits per heavy atom. The molecule has 1 atom stereocenters. The smallest absolute Gasteiger partial charge is 0.322 e. The van der Waals surface area contributed by atoms with Crippen molar-refractivity contribution in [3.8, 4) is 0 Å². The van der Waals surface area contributed by atoms with E-state index in [0.29, 0.717) is 6.42 Å². The highest BCUT2D eigenvalue weighted by molar-refractivity contribution is 7.99. The summed E-state index contributed by atoms with van der Waals surface area (Å²) >= 11 is 1.58. The van der Waals surface area contributed by atoms with Crippen LogP contribution in [0, 0.1) is 0 Å². The van der Waals surface area contributed by atoms with Gasteiger partial charge in [0, 0.05) is 18.8 Å². The topological polar surface area (TPSA) is 69.0 Å². The van der Waals surface area contributed by atoms with Crippen molar-refractivity contribution in [2.45, 2.75) is 37.5 Å². The molecule has 0 saturated heterocycles. The van der Waals surface area contributed by atoms with E-state index in [-0.39, 0.29) is 18.1 Å². The summed E-state index contributed by atoms with van der Waals surface area (Å²) in [6.45, 7) is 4.01. The molecule has 0 radical (unpaired) electrons. The van der Waals surface area contributed by atoms with E-state index in [0.717, 1.165) is 10.9 Å². The monoisotopic (exact) mass is 272 g/mol. The van der Waals surface area contributed by atoms with Gasteiger partial charge in [-0.05, 0) is 6.42 Å². The quantitative estimate of drug-likeness (QED) is 0.586. The van der Waals surface area contributed by atoms with Crippen molar-refractivity contribution in [2.24, 2.45) is 7.05 Å². The Bertz CT molecular complexity index is 381. The van der Waals surface area contributed by atoms with Gasteiger partial charge in [-0.15, -0.1) is 0 Å². The minimum Gasteiger partial charge on any atom is -0.468 e. The van der Waals surface area contributed by atoms with Gasteiger partial charge in [0.15, 0.2) is 5.16 Å². The lowest BCUT2D eigenvalue weighted by Crippen LogP contribution is -2.41. The first kappa shape index (κ1) is 15.0. The van der Waals surface area contributed by atoms with Gasteiger partial charge < -0.3 is 10.1 Å². The first-order chi connectivity index (χ1) is 8.54. The molecule has 0 spiro atoms. The van der Waals surface area contributed by atoms with Gasteiger partial charge in [0.2, 0.25) is 0 Å². The van der Waals surface area contributed by atoms with E-state index in [1.54, 1.807) is 16.4 Å². The maximum absolute atomic E-state index is 11.6. The Balaban J connectivity index is 2.42. The van der Waals surface area contributed by atoms with Crippen LogP contribution < -0.4 is 5.32 Å². The number of rotatable bonds is 7. The van der Waals surface area contributed by atoms with E-state index in [1.807, 2.05) is 20.9 Å². The molecule has 1 rings (SSSR count). The molecule has 0 fully saturated rings.